The van der Waals surface area contributed by atoms with Gasteiger partial charge in [-0.15, -0.1) is 0 Å². The molecule has 1 N–H and O–H groups in total. The molecule has 0 spiro atoms. The second kappa shape index (κ2) is 9.89. The molecule has 6 heteroatoms. The Morgan fingerprint density at radius 1 is 0.967 bits per heavy atom. The van der Waals surface area contributed by atoms with Crippen LogP contribution in [0.4, 0.5) is 11.4 Å². The van der Waals surface area contributed by atoms with E-state index in [1.165, 1.54) is 11.8 Å². The van der Waals surface area contributed by atoms with Crippen molar-refractivity contribution >= 4 is 23.2 Å². The summed E-state index contributed by atoms with van der Waals surface area (Å²) in [4.78, 5) is 26.2. The van der Waals surface area contributed by atoms with Gasteiger partial charge in [-0.2, -0.15) is 5.26 Å². The molecule has 0 saturated carbocycles. The molecule has 0 unspecified atom stereocenters. The summed E-state index contributed by atoms with van der Waals surface area (Å²) in [6.07, 6.45) is 0.0685. The lowest BCUT2D eigenvalue weighted by atomic mass is 10.2. The molecule has 0 atom stereocenters. The molecule has 3 aromatic carbocycles. The molecule has 0 aromatic heterocycles. The fourth-order valence-electron chi connectivity index (χ4n) is 2.95. The standard InChI is InChI=1S/C24H21N3O3/c1-18(28)27(16-15-24(29)26-21-12-6-5-9-19(21)17-25)22-13-7-8-14-23(22)30-20-10-3-2-4-11-20/h2-14H,15-16H2,1H3,(H,26,29). The summed E-state index contributed by atoms with van der Waals surface area (Å²) in [5, 5.41) is 11.9. The summed E-state index contributed by atoms with van der Waals surface area (Å²) in [7, 11) is 0. The Morgan fingerprint density at radius 2 is 1.63 bits per heavy atom. The van der Waals surface area contributed by atoms with Crippen LogP contribution >= 0.6 is 0 Å². The molecule has 0 aliphatic heterocycles. The number of para-hydroxylation sites is 4. The quantitative estimate of drug-likeness (QED) is 0.622. The summed E-state index contributed by atoms with van der Waals surface area (Å²) in [6.45, 7) is 1.62. The van der Waals surface area contributed by atoms with Gasteiger partial charge >= 0.3 is 0 Å². The highest BCUT2D eigenvalue weighted by Crippen LogP contribution is 2.32. The molecule has 0 aliphatic carbocycles. The molecular weight excluding hydrogens is 378 g/mol. The van der Waals surface area contributed by atoms with E-state index >= 15 is 0 Å². The Hall–Kier alpha value is -4.11. The molecule has 2 amide bonds. The molecule has 0 bridgehead atoms. The lowest BCUT2D eigenvalue weighted by Gasteiger charge is -2.23. The van der Waals surface area contributed by atoms with Crippen molar-refractivity contribution in [3.8, 4) is 17.6 Å². The number of nitriles is 1. The van der Waals surface area contributed by atoms with Crippen LogP contribution in [0.5, 0.6) is 11.5 Å². The molecule has 6 nitrogen and oxygen atoms in total. The van der Waals surface area contributed by atoms with Gasteiger partial charge in [0.05, 0.1) is 16.9 Å². The van der Waals surface area contributed by atoms with E-state index in [0.29, 0.717) is 28.4 Å². The fourth-order valence-corrected chi connectivity index (χ4v) is 2.95. The lowest BCUT2D eigenvalue weighted by Crippen LogP contribution is -2.32. The monoisotopic (exact) mass is 399 g/mol. The van der Waals surface area contributed by atoms with Gasteiger partial charge in [0.2, 0.25) is 11.8 Å². The topological polar surface area (TPSA) is 82.4 Å². The first-order valence-electron chi connectivity index (χ1n) is 9.47. The van der Waals surface area contributed by atoms with Crippen molar-refractivity contribution in [3.63, 3.8) is 0 Å². The number of carbonyl (C=O) groups is 2. The lowest BCUT2D eigenvalue weighted by molar-refractivity contribution is -0.117. The van der Waals surface area contributed by atoms with Gasteiger partial charge < -0.3 is 15.0 Å². The van der Waals surface area contributed by atoms with Crippen LogP contribution in [0.25, 0.3) is 0 Å². The van der Waals surface area contributed by atoms with E-state index in [2.05, 4.69) is 5.32 Å². The van der Waals surface area contributed by atoms with Crippen molar-refractivity contribution in [2.24, 2.45) is 0 Å². The van der Waals surface area contributed by atoms with Crippen LogP contribution in [-0.2, 0) is 9.59 Å². The normalized spacial score (nSPS) is 10.0. The number of benzene rings is 3. The number of nitrogens with zero attached hydrogens (tertiary/aromatic N) is 2. The average Bonchev–Trinajstić information content (AvgIpc) is 2.76. The van der Waals surface area contributed by atoms with E-state index in [-0.39, 0.29) is 24.8 Å². The minimum absolute atomic E-state index is 0.0685. The van der Waals surface area contributed by atoms with Crippen LogP contribution in [0, 0.1) is 11.3 Å². The number of anilines is 2. The zero-order valence-corrected chi connectivity index (χ0v) is 16.5. The number of amides is 2. The van der Waals surface area contributed by atoms with E-state index in [0.717, 1.165) is 0 Å². The first kappa shape index (κ1) is 20.6. The maximum atomic E-state index is 12.4. The Bertz CT molecular complexity index is 1070. The van der Waals surface area contributed by atoms with Gasteiger partial charge in [-0.3, -0.25) is 9.59 Å². The molecule has 3 rings (SSSR count). The zero-order valence-electron chi connectivity index (χ0n) is 16.5. The molecule has 0 aliphatic rings. The van der Waals surface area contributed by atoms with Gasteiger partial charge in [-0.25, -0.2) is 0 Å². The molecular formula is C24H21N3O3. The maximum absolute atomic E-state index is 12.4. The predicted molar refractivity (Wildman–Crippen MR) is 115 cm³/mol. The van der Waals surface area contributed by atoms with E-state index in [1.807, 2.05) is 48.5 Å². The van der Waals surface area contributed by atoms with Crippen molar-refractivity contribution < 1.29 is 14.3 Å². The van der Waals surface area contributed by atoms with Gasteiger partial charge in [0.25, 0.3) is 0 Å². The van der Waals surface area contributed by atoms with Gasteiger partial charge in [0.1, 0.15) is 11.8 Å². The minimum atomic E-state index is -0.287. The third-order valence-corrected chi connectivity index (χ3v) is 4.39. The van der Waals surface area contributed by atoms with E-state index in [1.54, 1.807) is 36.4 Å². The van der Waals surface area contributed by atoms with Crippen molar-refractivity contribution in [1.29, 1.82) is 5.26 Å². The molecule has 30 heavy (non-hydrogen) atoms. The summed E-state index contributed by atoms with van der Waals surface area (Å²) in [6, 6.07) is 25.3. The highest BCUT2D eigenvalue weighted by Gasteiger charge is 2.18. The van der Waals surface area contributed by atoms with Crippen molar-refractivity contribution in [2.45, 2.75) is 13.3 Å². The van der Waals surface area contributed by atoms with Crippen molar-refractivity contribution in [3.05, 3.63) is 84.4 Å². The van der Waals surface area contributed by atoms with Gasteiger partial charge in [-0.1, -0.05) is 42.5 Å². The Morgan fingerprint density at radius 3 is 2.37 bits per heavy atom. The average molecular weight is 399 g/mol. The highest BCUT2D eigenvalue weighted by molar-refractivity contribution is 5.96. The predicted octanol–water partition coefficient (Wildman–Crippen LogP) is 4.73. The molecule has 150 valence electrons. The zero-order chi connectivity index (χ0) is 21.3. The number of hydrogen-bond donors (Lipinski definition) is 1. The third kappa shape index (κ3) is 5.24. The van der Waals surface area contributed by atoms with E-state index < -0.39 is 0 Å². The van der Waals surface area contributed by atoms with Gasteiger partial charge in [-0.05, 0) is 36.4 Å². The molecule has 3 aromatic rings. The number of rotatable bonds is 7. The van der Waals surface area contributed by atoms with Gasteiger partial charge in [0.15, 0.2) is 5.75 Å². The van der Waals surface area contributed by atoms with Crippen LogP contribution < -0.4 is 15.0 Å². The second-order valence-corrected chi connectivity index (χ2v) is 6.51. The van der Waals surface area contributed by atoms with Crippen molar-refractivity contribution in [2.75, 3.05) is 16.8 Å². The Labute approximate surface area is 175 Å². The van der Waals surface area contributed by atoms with E-state index in [4.69, 9.17) is 10.00 Å². The Balaban J connectivity index is 1.73. The number of nitrogens with one attached hydrogen (secondary N) is 1. The minimum Gasteiger partial charge on any atom is -0.455 e. The van der Waals surface area contributed by atoms with E-state index in [9.17, 15) is 9.59 Å². The smallest absolute Gasteiger partial charge is 0.226 e. The van der Waals surface area contributed by atoms with Crippen LogP contribution in [0.15, 0.2) is 78.9 Å². The third-order valence-electron chi connectivity index (χ3n) is 4.39. The SMILES string of the molecule is CC(=O)N(CCC(=O)Nc1ccccc1C#N)c1ccccc1Oc1ccccc1. The molecule has 0 radical (unpaired) electrons. The molecule has 0 saturated heterocycles. The largest absolute Gasteiger partial charge is 0.455 e. The summed E-state index contributed by atoms with van der Waals surface area (Å²) in [5.74, 6) is 0.684. The van der Waals surface area contributed by atoms with Crippen molar-refractivity contribution in [1.82, 2.24) is 0 Å². The number of hydrogen-bond acceptors (Lipinski definition) is 4. The fraction of sp³-hybridized carbons (Fsp3) is 0.125. The summed E-state index contributed by atoms with van der Waals surface area (Å²) in [5.41, 5.74) is 1.42. The molecule has 0 fully saturated rings. The summed E-state index contributed by atoms with van der Waals surface area (Å²) < 4.78 is 5.94. The highest BCUT2D eigenvalue weighted by atomic mass is 16.5. The van der Waals surface area contributed by atoms with Crippen LogP contribution in [-0.4, -0.2) is 18.4 Å². The summed E-state index contributed by atoms with van der Waals surface area (Å²) >= 11 is 0. The van der Waals surface area contributed by atoms with Crippen LogP contribution in [0.3, 0.4) is 0 Å². The first-order valence-corrected chi connectivity index (χ1v) is 9.47. The number of carbonyl (C=O) groups excluding carboxylic acids is 2. The maximum Gasteiger partial charge on any atom is 0.226 e. The first-order chi connectivity index (χ1) is 14.6. The van der Waals surface area contributed by atoms with Gasteiger partial charge in [0, 0.05) is 19.9 Å². The second-order valence-electron chi connectivity index (χ2n) is 6.51. The van der Waals surface area contributed by atoms with Crippen LogP contribution in [0.2, 0.25) is 0 Å². The number of ether oxygens (including phenoxy) is 1. The Kier molecular flexibility index (Phi) is 6.80. The van der Waals surface area contributed by atoms with Crippen LogP contribution in [0.1, 0.15) is 18.9 Å². The molecule has 0 heterocycles.